The van der Waals surface area contributed by atoms with Crippen LogP contribution in [0, 0.1) is 12.3 Å². The Balaban J connectivity index is 2.59. The fourth-order valence-electron chi connectivity index (χ4n) is 1.86. The Morgan fingerprint density at radius 2 is 2.06 bits per heavy atom. The van der Waals surface area contributed by atoms with Gasteiger partial charge >= 0.3 is 0 Å². The van der Waals surface area contributed by atoms with Crippen molar-refractivity contribution >= 4 is 17.4 Å². The molecule has 1 rings (SSSR count). The SMILES string of the molecule is CCc1cc(NCC(C)(C)CCCCl)nc(C)n1. The molecule has 0 spiro atoms. The summed E-state index contributed by atoms with van der Waals surface area (Å²) in [6, 6.07) is 2.03. The molecule has 1 aromatic heterocycles. The van der Waals surface area contributed by atoms with E-state index in [1.54, 1.807) is 0 Å². The molecule has 0 aliphatic carbocycles. The van der Waals surface area contributed by atoms with Crippen molar-refractivity contribution in [2.45, 2.75) is 47.0 Å². The highest BCUT2D eigenvalue weighted by Gasteiger charge is 2.17. The number of nitrogens with zero attached hydrogens (tertiary/aromatic N) is 2. The number of halogens is 1. The van der Waals surface area contributed by atoms with Gasteiger partial charge < -0.3 is 5.32 Å². The number of hydrogen-bond donors (Lipinski definition) is 1. The summed E-state index contributed by atoms with van der Waals surface area (Å²) in [4.78, 5) is 8.79. The van der Waals surface area contributed by atoms with Gasteiger partial charge in [0.2, 0.25) is 0 Å². The zero-order valence-electron chi connectivity index (χ0n) is 11.9. The normalized spacial score (nSPS) is 11.6. The number of hydrogen-bond acceptors (Lipinski definition) is 3. The lowest BCUT2D eigenvalue weighted by atomic mass is 9.88. The topological polar surface area (TPSA) is 37.8 Å². The first-order valence-electron chi connectivity index (χ1n) is 6.61. The zero-order chi connectivity index (χ0) is 13.6. The Kier molecular flexibility index (Phi) is 5.86. The van der Waals surface area contributed by atoms with Crippen molar-refractivity contribution in [3.8, 4) is 0 Å². The molecule has 0 aromatic carbocycles. The molecule has 4 heteroatoms. The van der Waals surface area contributed by atoms with Crippen LogP contribution in [0.15, 0.2) is 6.07 Å². The molecule has 0 saturated heterocycles. The fraction of sp³-hybridized carbons (Fsp3) is 0.714. The average Bonchev–Trinajstić information content (AvgIpc) is 2.33. The fourth-order valence-corrected chi connectivity index (χ4v) is 2.00. The molecule has 3 nitrogen and oxygen atoms in total. The molecule has 0 radical (unpaired) electrons. The Morgan fingerprint density at radius 1 is 1.33 bits per heavy atom. The summed E-state index contributed by atoms with van der Waals surface area (Å²) >= 11 is 5.74. The number of anilines is 1. The first kappa shape index (κ1) is 15.2. The van der Waals surface area contributed by atoms with Gasteiger partial charge in [0, 0.05) is 24.2 Å². The van der Waals surface area contributed by atoms with Gasteiger partial charge in [0.05, 0.1) is 0 Å². The lowest BCUT2D eigenvalue weighted by Gasteiger charge is -2.25. The van der Waals surface area contributed by atoms with Crippen molar-refractivity contribution in [1.82, 2.24) is 9.97 Å². The van der Waals surface area contributed by atoms with Crippen LogP contribution in [0.4, 0.5) is 5.82 Å². The minimum Gasteiger partial charge on any atom is -0.369 e. The third kappa shape index (κ3) is 5.21. The van der Waals surface area contributed by atoms with Crippen molar-refractivity contribution in [3.05, 3.63) is 17.6 Å². The van der Waals surface area contributed by atoms with Crippen molar-refractivity contribution in [1.29, 1.82) is 0 Å². The lowest BCUT2D eigenvalue weighted by Crippen LogP contribution is -2.23. The number of aromatic nitrogens is 2. The van der Waals surface area contributed by atoms with Crippen molar-refractivity contribution in [2.75, 3.05) is 17.7 Å². The quantitative estimate of drug-likeness (QED) is 0.765. The Hall–Kier alpha value is -0.830. The minimum atomic E-state index is 0.236. The van der Waals surface area contributed by atoms with Gasteiger partial charge in [-0.15, -0.1) is 11.6 Å². The van der Waals surface area contributed by atoms with Gasteiger partial charge in [-0.25, -0.2) is 9.97 Å². The van der Waals surface area contributed by atoms with Gasteiger partial charge in [-0.1, -0.05) is 20.8 Å². The number of rotatable bonds is 7. The Bertz CT molecular complexity index is 377. The van der Waals surface area contributed by atoms with Crippen LogP contribution in [0.5, 0.6) is 0 Å². The summed E-state index contributed by atoms with van der Waals surface area (Å²) in [6.07, 6.45) is 3.11. The molecular formula is C14H24ClN3. The largest absolute Gasteiger partial charge is 0.369 e. The predicted octanol–water partition coefficient (Wildman–Crippen LogP) is 3.80. The van der Waals surface area contributed by atoms with Gasteiger partial charge in [0.25, 0.3) is 0 Å². The van der Waals surface area contributed by atoms with Crippen LogP contribution >= 0.6 is 11.6 Å². The van der Waals surface area contributed by atoms with Crippen LogP contribution < -0.4 is 5.32 Å². The second-order valence-corrected chi connectivity index (χ2v) is 5.83. The molecule has 1 N–H and O–H groups in total. The highest BCUT2D eigenvalue weighted by molar-refractivity contribution is 6.17. The van der Waals surface area contributed by atoms with Gasteiger partial charge in [-0.05, 0) is 31.6 Å². The van der Waals surface area contributed by atoms with Crippen LogP contribution in [0.1, 0.15) is 45.1 Å². The molecular weight excluding hydrogens is 246 g/mol. The molecule has 1 heterocycles. The Morgan fingerprint density at radius 3 is 2.67 bits per heavy atom. The van der Waals surface area contributed by atoms with Crippen LogP contribution in [0.25, 0.3) is 0 Å². The van der Waals surface area contributed by atoms with E-state index in [1.165, 1.54) is 0 Å². The molecule has 18 heavy (non-hydrogen) atoms. The van der Waals surface area contributed by atoms with Crippen LogP contribution in [-0.2, 0) is 6.42 Å². The molecule has 0 unspecified atom stereocenters. The van der Waals surface area contributed by atoms with Gasteiger partial charge in [0.1, 0.15) is 11.6 Å². The van der Waals surface area contributed by atoms with Gasteiger partial charge in [-0.3, -0.25) is 0 Å². The molecule has 0 fully saturated rings. The van der Waals surface area contributed by atoms with Gasteiger partial charge in [0.15, 0.2) is 0 Å². The summed E-state index contributed by atoms with van der Waals surface area (Å²) < 4.78 is 0. The predicted molar refractivity (Wildman–Crippen MR) is 78.4 cm³/mol. The maximum Gasteiger partial charge on any atom is 0.129 e. The van der Waals surface area contributed by atoms with Crippen molar-refractivity contribution < 1.29 is 0 Å². The van der Waals surface area contributed by atoms with E-state index in [-0.39, 0.29) is 5.41 Å². The molecule has 0 saturated carbocycles. The highest BCUT2D eigenvalue weighted by atomic mass is 35.5. The molecule has 102 valence electrons. The molecule has 0 aliphatic heterocycles. The molecule has 0 aliphatic rings. The van der Waals surface area contributed by atoms with Crippen LogP contribution in [0.3, 0.4) is 0 Å². The molecule has 0 bridgehead atoms. The Labute approximate surface area is 115 Å². The highest BCUT2D eigenvalue weighted by Crippen LogP contribution is 2.23. The number of nitrogens with one attached hydrogen (secondary N) is 1. The van der Waals surface area contributed by atoms with E-state index in [0.717, 1.165) is 49.0 Å². The molecule has 0 atom stereocenters. The second-order valence-electron chi connectivity index (χ2n) is 5.46. The van der Waals surface area contributed by atoms with E-state index in [2.05, 4.69) is 36.1 Å². The number of alkyl halides is 1. The maximum atomic E-state index is 5.74. The summed E-state index contributed by atoms with van der Waals surface area (Å²) in [5.41, 5.74) is 1.32. The average molecular weight is 270 g/mol. The summed E-state index contributed by atoms with van der Waals surface area (Å²) in [7, 11) is 0. The molecule has 0 amide bonds. The monoisotopic (exact) mass is 269 g/mol. The smallest absolute Gasteiger partial charge is 0.129 e. The first-order valence-corrected chi connectivity index (χ1v) is 7.14. The van der Waals surface area contributed by atoms with E-state index in [9.17, 15) is 0 Å². The van der Waals surface area contributed by atoms with Crippen LogP contribution in [0.2, 0.25) is 0 Å². The summed E-state index contributed by atoms with van der Waals surface area (Å²) in [5.74, 6) is 2.49. The number of aryl methyl sites for hydroxylation is 2. The molecule has 1 aromatic rings. The third-order valence-corrected chi connectivity index (χ3v) is 3.26. The van der Waals surface area contributed by atoms with E-state index in [1.807, 2.05) is 13.0 Å². The standard InChI is InChI=1S/C14H24ClN3/c1-5-12-9-13(18-11(2)17-12)16-10-14(3,4)7-6-8-15/h9H,5-8,10H2,1-4H3,(H,16,17,18). The minimum absolute atomic E-state index is 0.236. The first-order chi connectivity index (χ1) is 8.46. The van der Waals surface area contributed by atoms with Crippen LogP contribution in [-0.4, -0.2) is 22.4 Å². The maximum absolute atomic E-state index is 5.74. The van der Waals surface area contributed by atoms with E-state index in [4.69, 9.17) is 11.6 Å². The lowest BCUT2D eigenvalue weighted by molar-refractivity contribution is 0.355. The second kappa shape index (κ2) is 6.93. The van der Waals surface area contributed by atoms with Gasteiger partial charge in [-0.2, -0.15) is 0 Å². The van der Waals surface area contributed by atoms with Crippen molar-refractivity contribution in [3.63, 3.8) is 0 Å². The van der Waals surface area contributed by atoms with Crippen molar-refractivity contribution in [2.24, 2.45) is 5.41 Å². The summed E-state index contributed by atoms with van der Waals surface area (Å²) in [6.45, 7) is 9.45. The van der Waals surface area contributed by atoms with E-state index < -0.39 is 0 Å². The van der Waals surface area contributed by atoms with E-state index >= 15 is 0 Å². The van der Waals surface area contributed by atoms with E-state index in [0.29, 0.717) is 0 Å². The third-order valence-electron chi connectivity index (χ3n) is 2.99. The summed E-state index contributed by atoms with van der Waals surface area (Å²) in [5, 5.41) is 3.42. The zero-order valence-corrected chi connectivity index (χ0v) is 12.6.